The van der Waals surface area contributed by atoms with E-state index in [0.29, 0.717) is 0 Å². The molecular weight excluding hydrogens is 350 g/mol. The quantitative estimate of drug-likeness (QED) is 0.330. The van der Waals surface area contributed by atoms with Gasteiger partial charge in [0.1, 0.15) is 0 Å². The van der Waals surface area contributed by atoms with Crippen molar-refractivity contribution in [3.05, 3.63) is 90.2 Å². The van der Waals surface area contributed by atoms with Crippen LogP contribution in [-0.4, -0.2) is 0 Å². The van der Waals surface area contributed by atoms with Gasteiger partial charge < -0.3 is 0 Å². The average Bonchev–Trinajstić information content (AvgIpc) is 2.92. The van der Waals surface area contributed by atoms with Crippen molar-refractivity contribution in [2.24, 2.45) is 0 Å². The Kier molecular flexibility index (Phi) is 5.24. The van der Waals surface area contributed by atoms with Crippen LogP contribution in [0.4, 0.5) is 0 Å². The fourth-order valence-corrected chi connectivity index (χ4v) is 4.71. The van der Waals surface area contributed by atoms with Gasteiger partial charge in [0.2, 0.25) is 5.69 Å². The van der Waals surface area contributed by atoms with Crippen LogP contribution in [0.5, 0.6) is 0 Å². The van der Waals surface area contributed by atoms with E-state index in [2.05, 4.69) is 117 Å². The fraction of sp³-hybridized carbons (Fsp3) is 0.250. The lowest BCUT2D eigenvalue weighted by molar-refractivity contribution is -0.554. The highest BCUT2D eigenvalue weighted by Crippen LogP contribution is 2.43. The van der Waals surface area contributed by atoms with E-state index >= 15 is 0 Å². The number of fused-ring (bicyclic) bond motifs is 5. The molecule has 0 fully saturated rings. The Hall–Kier alpha value is -2.93. The van der Waals surface area contributed by atoms with Crippen LogP contribution in [0.25, 0.3) is 33.8 Å². The van der Waals surface area contributed by atoms with Crippen molar-refractivity contribution in [3.63, 3.8) is 0 Å². The van der Waals surface area contributed by atoms with Crippen molar-refractivity contribution in [2.45, 2.75) is 46.0 Å². The molecular formula is C28H30N+. The number of hydrogen-bond donors (Lipinski definition) is 0. The molecule has 0 radical (unpaired) electrons. The number of hydrogen-bond acceptors (Lipinski definition) is 0. The van der Waals surface area contributed by atoms with E-state index in [9.17, 15) is 0 Å². The summed E-state index contributed by atoms with van der Waals surface area (Å²) < 4.78 is 2.31. The van der Waals surface area contributed by atoms with E-state index < -0.39 is 0 Å². The minimum atomic E-state index is 0.0532. The van der Waals surface area contributed by atoms with Crippen molar-refractivity contribution in [1.82, 2.24) is 0 Å². The van der Waals surface area contributed by atoms with E-state index in [-0.39, 0.29) is 5.41 Å². The SMILES string of the molecule is CC=CC(=CC)c1ccc2c(c1)-c1c3ccccc3cc[n+]1C=CC2(CC)CC. The minimum Gasteiger partial charge on any atom is -0.166 e. The Bertz CT molecular complexity index is 1140. The molecule has 1 nitrogen and oxygen atoms in total. The first-order valence-corrected chi connectivity index (χ1v) is 10.7. The Balaban J connectivity index is 2.11. The average molecular weight is 381 g/mol. The van der Waals surface area contributed by atoms with Gasteiger partial charge in [-0.3, -0.25) is 0 Å². The third-order valence-corrected chi connectivity index (χ3v) is 6.51. The molecule has 3 aromatic rings. The maximum Gasteiger partial charge on any atom is 0.226 e. The van der Waals surface area contributed by atoms with Crippen LogP contribution in [0.3, 0.4) is 0 Å². The minimum absolute atomic E-state index is 0.0532. The second-order valence-corrected chi connectivity index (χ2v) is 7.84. The number of benzene rings is 2. The summed E-state index contributed by atoms with van der Waals surface area (Å²) in [6.45, 7) is 8.81. The van der Waals surface area contributed by atoms with Gasteiger partial charge in [0.05, 0.1) is 10.9 Å². The Morgan fingerprint density at radius 1 is 1.00 bits per heavy atom. The van der Waals surface area contributed by atoms with Crippen LogP contribution in [-0.2, 0) is 5.41 Å². The lowest BCUT2D eigenvalue weighted by atomic mass is 9.73. The molecule has 29 heavy (non-hydrogen) atoms. The molecule has 1 aromatic heterocycles. The zero-order valence-electron chi connectivity index (χ0n) is 17.9. The standard InChI is InChI=1S/C28H30N/c1-5-11-21(6-2)23-14-15-26-25(20-23)27-24-13-10-9-12-22(24)16-18-29(27)19-17-28(26,7-3)8-4/h5-6,9-20H,7-8H2,1-4H3/q+1. The Labute approximate surface area is 174 Å². The monoisotopic (exact) mass is 380 g/mol. The smallest absolute Gasteiger partial charge is 0.166 e. The van der Waals surface area contributed by atoms with Crippen molar-refractivity contribution >= 4 is 22.5 Å². The molecule has 2 heterocycles. The summed E-state index contributed by atoms with van der Waals surface area (Å²) in [5, 5.41) is 2.58. The summed E-state index contributed by atoms with van der Waals surface area (Å²) in [7, 11) is 0. The summed E-state index contributed by atoms with van der Waals surface area (Å²) in [6, 6.07) is 18.0. The molecule has 0 aliphatic carbocycles. The van der Waals surface area contributed by atoms with Crippen molar-refractivity contribution in [1.29, 1.82) is 0 Å². The highest BCUT2D eigenvalue weighted by Gasteiger charge is 2.35. The summed E-state index contributed by atoms with van der Waals surface area (Å²) in [5.41, 5.74) is 6.65. The molecule has 1 aliphatic heterocycles. The van der Waals surface area contributed by atoms with Crippen LogP contribution in [0.15, 0.2) is 79.0 Å². The van der Waals surface area contributed by atoms with Gasteiger partial charge in [-0.15, -0.1) is 0 Å². The van der Waals surface area contributed by atoms with Gasteiger partial charge in [0, 0.05) is 11.5 Å². The summed E-state index contributed by atoms with van der Waals surface area (Å²) in [4.78, 5) is 0. The number of aromatic nitrogens is 1. The Morgan fingerprint density at radius 3 is 2.52 bits per heavy atom. The molecule has 0 spiro atoms. The van der Waals surface area contributed by atoms with E-state index in [1.165, 1.54) is 38.7 Å². The van der Waals surface area contributed by atoms with Gasteiger partial charge >= 0.3 is 0 Å². The van der Waals surface area contributed by atoms with Gasteiger partial charge in [-0.25, -0.2) is 0 Å². The molecule has 0 atom stereocenters. The molecule has 0 saturated heterocycles. The topological polar surface area (TPSA) is 3.88 Å². The number of rotatable bonds is 4. The van der Waals surface area contributed by atoms with Crippen LogP contribution < -0.4 is 4.57 Å². The first kappa shape index (κ1) is 19.4. The summed E-state index contributed by atoms with van der Waals surface area (Å²) >= 11 is 0. The summed E-state index contributed by atoms with van der Waals surface area (Å²) in [5.74, 6) is 0. The van der Waals surface area contributed by atoms with Gasteiger partial charge in [0.25, 0.3) is 0 Å². The van der Waals surface area contributed by atoms with Crippen LogP contribution >= 0.6 is 0 Å². The van der Waals surface area contributed by atoms with Gasteiger partial charge in [-0.05, 0) is 67.0 Å². The van der Waals surface area contributed by atoms with E-state index in [4.69, 9.17) is 0 Å². The predicted octanol–water partition coefficient (Wildman–Crippen LogP) is 7.32. The predicted molar refractivity (Wildman–Crippen MR) is 126 cm³/mol. The van der Waals surface area contributed by atoms with Crippen LogP contribution in [0, 0.1) is 0 Å². The first-order valence-electron chi connectivity index (χ1n) is 10.7. The number of nitrogens with zero attached hydrogens (tertiary/aromatic N) is 1. The molecule has 0 bridgehead atoms. The molecule has 1 aliphatic rings. The van der Waals surface area contributed by atoms with Crippen LogP contribution in [0.1, 0.15) is 51.7 Å². The van der Waals surface area contributed by atoms with E-state index in [1.54, 1.807) is 0 Å². The van der Waals surface area contributed by atoms with Crippen molar-refractivity contribution < 1.29 is 4.57 Å². The lowest BCUT2D eigenvalue weighted by Crippen LogP contribution is -2.28. The molecule has 146 valence electrons. The molecule has 2 aromatic carbocycles. The largest absolute Gasteiger partial charge is 0.226 e. The molecule has 0 saturated carbocycles. The van der Waals surface area contributed by atoms with Gasteiger partial charge in [-0.2, -0.15) is 4.57 Å². The van der Waals surface area contributed by atoms with Gasteiger partial charge in [-0.1, -0.05) is 62.4 Å². The van der Waals surface area contributed by atoms with E-state index in [0.717, 1.165) is 12.8 Å². The highest BCUT2D eigenvalue weighted by atomic mass is 14.9. The Morgan fingerprint density at radius 2 is 1.79 bits per heavy atom. The number of pyridine rings is 1. The zero-order chi connectivity index (χ0) is 20.4. The zero-order valence-corrected chi connectivity index (χ0v) is 17.9. The highest BCUT2D eigenvalue weighted by molar-refractivity contribution is 5.95. The molecule has 1 heteroatoms. The second kappa shape index (κ2) is 7.83. The second-order valence-electron chi connectivity index (χ2n) is 7.84. The fourth-order valence-electron chi connectivity index (χ4n) is 4.71. The summed E-state index contributed by atoms with van der Waals surface area (Å²) in [6.07, 6.45) is 15.6. The van der Waals surface area contributed by atoms with Crippen LogP contribution in [0.2, 0.25) is 0 Å². The van der Waals surface area contributed by atoms with Gasteiger partial charge in [0.15, 0.2) is 12.4 Å². The van der Waals surface area contributed by atoms with Crippen molar-refractivity contribution in [3.8, 4) is 11.3 Å². The third kappa shape index (κ3) is 3.15. The maximum atomic E-state index is 2.42. The van der Waals surface area contributed by atoms with Crippen molar-refractivity contribution in [2.75, 3.05) is 0 Å². The molecule has 0 N–H and O–H groups in total. The molecule has 0 unspecified atom stereocenters. The lowest BCUT2D eigenvalue weighted by Gasteiger charge is -2.29. The molecule has 0 amide bonds. The normalized spacial score (nSPS) is 15.4. The third-order valence-electron chi connectivity index (χ3n) is 6.51. The number of allylic oxidation sites excluding steroid dienone is 5. The maximum absolute atomic E-state index is 2.42. The molecule has 4 rings (SSSR count). The van der Waals surface area contributed by atoms with E-state index in [1.807, 2.05) is 0 Å². The first-order chi connectivity index (χ1) is 14.2.